The first-order chi connectivity index (χ1) is 12.2. The molecule has 0 amide bonds. The number of rotatable bonds is 4. The molecule has 0 aromatic carbocycles. The summed E-state index contributed by atoms with van der Waals surface area (Å²) < 4.78 is 7.86. The molecule has 0 bridgehead atoms. The molecule has 6 nitrogen and oxygen atoms in total. The number of allylic oxidation sites excluding steroid dienone is 2. The number of ether oxygens (including phenoxy) is 1. The standard InChI is InChI=1S/C19H26N4O2/c1-14(24)18-12-21-19-13-22(8-9-23(18)19)17(15-3-2-4-15)6-5-16-11-20-7-10-25-16/h5-6,12,16,20H,2-4,7-11,13H2,1H3/b6-5+. The fourth-order valence-electron chi connectivity index (χ4n) is 3.71. The molecule has 6 heteroatoms. The van der Waals surface area contributed by atoms with E-state index in [-0.39, 0.29) is 11.9 Å². The molecule has 1 N–H and O–H groups in total. The van der Waals surface area contributed by atoms with E-state index in [1.54, 1.807) is 13.1 Å². The molecular formula is C19H26N4O2. The molecule has 134 valence electrons. The zero-order valence-electron chi connectivity index (χ0n) is 14.8. The Morgan fingerprint density at radius 1 is 1.40 bits per heavy atom. The SMILES string of the molecule is CC(=O)c1cnc2n1CCN(C(/C=C/C1CNCCO1)=C1CCC1)C2. The minimum absolute atomic E-state index is 0.0895. The van der Waals surface area contributed by atoms with E-state index in [1.165, 1.54) is 30.5 Å². The van der Waals surface area contributed by atoms with Gasteiger partial charge in [0.1, 0.15) is 11.5 Å². The highest BCUT2D eigenvalue weighted by Crippen LogP contribution is 2.32. The first kappa shape index (κ1) is 16.5. The van der Waals surface area contributed by atoms with Crippen molar-refractivity contribution in [3.63, 3.8) is 0 Å². The summed E-state index contributed by atoms with van der Waals surface area (Å²) in [6.45, 7) is 6.69. The lowest BCUT2D eigenvalue weighted by Gasteiger charge is -2.35. The molecule has 1 aromatic heterocycles. The van der Waals surface area contributed by atoms with E-state index in [9.17, 15) is 4.79 Å². The summed E-state index contributed by atoms with van der Waals surface area (Å²) in [5, 5.41) is 3.37. The lowest BCUT2D eigenvalue weighted by molar-refractivity contribution is 0.0590. The van der Waals surface area contributed by atoms with Gasteiger partial charge in [-0.25, -0.2) is 4.98 Å². The maximum atomic E-state index is 11.7. The summed E-state index contributed by atoms with van der Waals surface area (Å²) >= 11 is 0. The van der Waals surface area contributed by atoms with Crippen molar-refractivity contribution in [1.29, 1.82) is 0 Å². The molecule has 1 aromatic rings. The third kappa shape index (κ3) is 3.41. The van der Waals surface area contributed by atoms with Gasteiger partial charge >= 0.3 is 0 Å². The normalized spacial score (nSPS) is 23.5. The summed E-state index contributed by atoms with van der Waals surface area (Å²) in [4.78, 5) is 18.6. The van der Waals surface area contributed by atoms with Gasteiger partial charge in [0, 0.05) is 38.8 Å². The summed E-state index contributed by atoms with van der Waals surface area (Å²) in [7, 11) is 0. The van der Waals surface area contributed by atoms with Crippen LogP contribution in [0.5, 0.6) is 0 Å². The van der Waals surface area contributed by atoms with E-state index >= 15 is 0 Å². The number of nitrogens with zero attached hydrogens (tertiary/aromatic N) is 3. The number of ketones is 1. The Hall–Kier alpha value is -1.92. The Balaban J connectivity index is 1.53. The second-order valence-corrected chi connectivity index (χ2v) is 7.00. The number of aromatic nitrogens is 2. The lowest BCUT2D eigenvalue weighted by Crippen LogP contribution is -2.38. The molecule has 3 aliphatic rings. The van der Waals surface area contributed by atoms with E-state index in [2.05, 4.69) is 31.9 Å². The van der Waals surface area contributed by atoms with E-state index in [0.717, 1.165) is 50.8 Å². The maximum absolute atomic E-state index is 11.7. The van der Waals surface area contributed by atoms with Crippen LogP contribution in [0.3, 0.4) is 0 Å². The van der Waals surface area contributed by atoms with Gasteiger partial charge in [-0.05, 0) is 30.9 Å². The number of nitrogens with one attached hydrogen (secondary N) is 1. The van der Waals surface area contributed by atoms with Gasteiger partial charge in [0.25, 0.3) is 0 Å². The van der Waals surface area contributed by atoms with Gasteiger partial charge in [-0.3, -0.25) is 4.79 Å². The van der Waals surface area contributed by atoms with Crippen molar-refractivity contribution in [3.05, 3.63) is 41.1 Å². The van der Waals surface area contributed by atoms with Gasteiger partial charge in [0.15, 0.2) is 5.78 Å². The second kappa shape index (κ2) is 7.14. The van der Waals surface area contributed by atoms with Crippen molar-refractivity contribution in [2.75, 3.05) is 26.2 Å². The number of imidazole rings is 1. The van der Waals surface area contributed by atoms with Crippen molar-refractivity contribution in [3.8, 4) is 0 Å². The summed E-state index contributed by atoms with van der Waals surface area (Å²) in [6, 6.07) is 0. The Kier molecular flexibility index (Phi) is 4.72. The molecule has 4 rings (SSSR count). The van der Waals surface area contributed by atoms with Crippen molar-refractivity contribution >= 4 is 5.78 Å². The number of hydrogen-bond acceptors (Lipinski definition) is 5. The first-order valence-electron chi connectivity index (χ1n) is 9.25. The first-order valence-corrected chi connectivity index (χ1v) is 9.25. The molecular weight excluding hydrogens is 316 g/mol. The molecule has 0 spiro atoms. The Labute approximate surface area is 148 Å². The Morgan fingerprint density at radius 2 is 2.28 bits per heavy atom. The third-order valence-electron chi connectivity index (χ3n) is 5.31. The van der Waals surface area contributed by atoms with Crippen LogP contribution in [0, 0.1) is 0 Å². The van der Waals surface area contributed by atoms with Crippen LogP contribution in [-0.4, -0.2) is 52.6 Å². The molecule has 1 aliphatic carbocycles. The minimum Gasteiger partial charge on any atom is -0.371 e. The summed E-state index contributed by atoms with van der Waals surface area (Å²) in [5.74, 6) is 1.07. The van der Waals surface area contributed by atoms with Crippen molar-refractivity contribution < 1.29 is 9.53 Å². The average Bonchev–Trinajstić information content (AvgIpc) is 3.01. The minimum atomic E-state index is 0.0895. The number of fused-ring (bicyclic) bond motifs is 1. The molecule has 2 fully saturated rings. The van der Waals surface area contributed by atoms with Crippen LogP contribution < -0.4 is 5.32 Å². The van der Waals surface area contributed by atoms with E-state index < -0.39 is 0 Å². The fourth-order valence-corrected chi connectivity index (χ4v) is 3.71. The van der Waals surface area contributed by atoms with Crippen LogP contribution in [0.1, 0.15) is 42.5 Å². The van der Waals surface area contributed by atoms with Gasteiger partial charge in [-0.15, -0.1) is 0 Å². The van der Waals surface area contributed by atoms with Crippen LogP contribution in [0.15, 0.2) is 29.6 Å². The zero-order chi connectivity index (χ0) is 17.2. The molecule has 3 heterocycles. The molecule has 2 aliphatic heterocycles. The lowest BCUT2D eigenvalue weighted by atomic mass is 9.89. The molecule has 25 heavy (non-hydrogen) atoms. The van der Waals surface area contributed by atoms with Crippen LogP contribution in [-0.2, 0) is 17.8 Å². The van der Waals surface area contributed by atoms with Crippen LogP contribution in [0.2, 0.25) is 0 Å². The predicted molar refractivity (Wildman–Crippen MR) is 95.3 cm³/mol. The highest BCUT2D eigenvalue weighted by Gasteiger charge is 2.25. The number of morpholine rings is 1. The van der Waals surface area contributed by atoms with Gasteiger partial charge in [-0.2, -0.15) is 0 Å². The highest BCUT2D eigenvalue weighted by atomic mass is 16.5. The predicted octanol–water partition coefficient (Wildman–Crippen LogP) is 1.88. The monoisotopic (exact) mass is 342 g/mol. The third-order valence-corrected chi connectivity index (χ3v) is 5.31. The summed E-state index contributed by atoms with van der Waals surface area (Å²) in [6.07, 6.45) is 9.96. The number of Topliss-reactive ketones (excluding diaryl/α,β-unsaturated/α-hetero) is 1. The second-order valence-electron chi connectivity index (χ2n) is 7.00. The van der Waals surface area contributed by atoms with E-state index in [1.807, 2.05) is 0 Å². The summed E-state index contributed by atoms with van der Waals surface area (Å²) in [5.41, 5.74) is 3.59. The van der Waals surface area contributed by atoms with Crippen molar-refractivity contribution in [2.24, 2.45) is 0 Å². The van der Waals surface area contributed by atoms with Gasteiger partial charge in [0.05, 0.1) is 25.5 Å². The molecule has 1 unspecified atom stereocenters. The topological polar surface area (TPSA) is 59.4 Å². The van der Waals surface area contributed by atoms with Crippen molar-refractivity contribution in [1.82, 2.24) is 19.8 Å². The van der Waals surface area contributed by atoms with Gasteiger partial charge < -0.3 is 19.5 Å². The zero-order valence-corrected chi connectivity index (χ0v) is 14.8. The van der Waals surface area contributed by atoms with Gasteiger partial charge in [0.2, 0.25) is 0 Å². The molecule has 1 saturated carbocycles. The Morgan fingerprint density at radius 3 is 2.96 bits per heavy atom. The van der Waals surface area contributed by atoms with E-state index in [0.29, 0.717) is 0 Å². The maximum Gasteiger partial charge on any atom is 0.177 e. The Bertz CT molecular complexity index is 707. The van der Waals surface area contributed by atoms with Crippen LogP contribution in [0.25, 0.3) is 0 Å². The van der Waals surface area contributed by atoms with Crippen LogP contribution in [0.4, 0.5) is 0 Å². The van der Waals surface area contributed by atoms with Crippen molar-refractivity contribution in [2.45, 2.75) is 45.4 Å². The molecule has 1 saturated heterocycles. The van der Waals surface area contributed by atoms with Gasteiger partial charge in [-0.1, -0.05) is 6.08 Å². The number of hydrogen-bond donors (Lipinski definition) is 1. The number of carbonyl (C=O) groups excluding carboxylic acids is 1. The largest absolute Gasteiger partial charge is 0.371 e. The highest BCUT2D eigenvalue weighted by molar-refractivity contribution is 5.92. The average molecular weight is 342 g/mol. The quantitative estimate of drug-likeness (QED) is 0.847. The van der Waals surface area contributed by atoms with E-state index in [4.69, 9.17) is 4.74 Å². The number of carbonyl (C=O) groups is 1. The van der Waals surface area contributed by atoms with Crippen LogP contribution >= 0.6 is 0 Å². The smallest absolute Gasteiger partial charge is 0.177 e. The fraction of sp³-hybridized carbons (Fsp3) is 0.579. The molecule has 0 radical (unpaired) electrons. The molecule has 1 atom stereocenters.